The first-order valence-corrected chi connectivity index (χ1v) is 11.9. The van der Waals surface area contributed by atoms with Gasteiger partial charge in [0.2, 0.25) is 5.91 Å². The van der Waals surface area contributed by atoms with Crippen LogP contribution in [0.1, 0.15) is 47.9 Å². The lowest BCUT2D eigenvalue weighted by Crippen LogP contribution is -2.45. The minimum atomic E-state index is -5.00. The highest BCUT2D eigenvalue weighted by Crippen LogP contribution is 2.45. The average Bonchev–Trinajstić information content (AvgIpc) is 3.51. The fraction of sp³-hybridized carbons (Fsp3) is 0.500. The molecule has 2 aliphatic rings. The summed E-state index contributed by atoms with van der Waals surface area (Å²) in [6.45, 7) is 0.345. The van der Waals surface area contributed by atoms with Crippen molar-refractivity contribution in [2.45, 2.75) is 51.1 Å². The molecule has 1 aliphatic heterocycles. The van der Waals surface area contributed by atoms with E-state index in [1.807, 2.05) is 0 Å². The van der Waals surface area contributed by atoms with Crippen molar-refractivity contribution in [3.8, 4) is 5.75 Å². The van der Waals surface area contributed by atoms with Crippen LogP contribution in [0.25, 0.3) is 0 Å². The molecule has 4 rings (SSSR count). The summed E-state index contributed by atoms with van der Waals surface area (Å²) in [4.78, 5) is 15.2. The molecule has 1 aliphatic carbocycles. The van der Waals surface area contributed by atoms with E-state index in [-0.39, 0.29) is 29.8 Å². The SMILES string of the molecule is COc1cc(CN(Cc2cc(C(F)(F)F)cc(C(F)(F)F)c2)C(=O)C2(CC3CC3)CCNC2)ccc1F. The smallest absolute Gasteiger partial charge is 0.416 e. The maximum atomic E-state index is 14.0. The fourth-order valence-corrected chi connectivity index (χ4v) is 4.95. The second kappa shape index (κ2) is 10.2. The predicted octanol–water partition coefficient (Wildman–Crippen LogP) is 6.18. The van der Waals surface area contributed by atoms with Crippen LogP contribution in [0.5, 0.6) is 5.75 Å². The lowest BCUT2D eigenvalue weighted by molar-refractivity contribution is -0.143. The second-order valence-electron chi connectivity index (χ2n) is 9.90. The molecule has 2 aromatic carbocycles. The molecule has 202 valence electrons. The highest BCUT2D eigenvalue weighted by atomic mass is 19.4. The molecule has 0 bridgehead atoms. The number of carbonyl (C=O) groups excluding carboxylic acids is 1. The molecule has 1 saturated heterocycles. The first-order chi connectivity index (χ1) is 17.3. The average molecular weight is 533 g/mol. The van der Waals surface area contributed by atoms with Crippen molar-refractivity contribution in [1.82, 2.24) is 10.2 Å². The van der Waals surface area contributed by atoms with Gasteiger partial charge in [-0.3, -0.25) is 4.79 Å². The Kier molecular flexibility index (Phi) is 7.47. The Morgan fingerprint density at radius 3 is 2.14 bits per heavy atom. The third-order valence-corrected chi connectivity index (χ3v) is 6.97. The summed E-state index contributed by atoms with van der Waals surface area (Å²) in [5, 5.41) is 3.18. The molecule has 1 atom stereocenters. The number of ether oxygens (including phenoxy) is 1. The number of benzene rings is 2. The summed E-state index contributed by atoms with van der Waals surface area (Å²) in [7, 11) is 1.27. The van der Waals surface area contributed by atoms with Crippen molar-refractivity contribution in [3.05, 3.63) is 64.5 Å². The van der Waals surface area contributed by atoms with Gasteiger partial charge in [0.25, 0.3) is 0 Å². The summed E-state index contributed by atoms with van der Waals surface area (Å²) in [5.74, 6) is -0.707. The Balaban J connectivity index is 1.73. The van der Waals surface area contributed by atoms with E-state index < -0.39 is 41.3 Å². The lowest BCUT2D eigenvalue weighted by atomic mass is 9.80. The van der Waals surface area contributed by atoms with Gasteiger partial charge < -0.3 is 15.0 Å². The van der Waals surface area contributed by atoms with E-state index in [9.17, 15) is 35.5 Å². The van der Waals surface area contributed by atoms with Crippen LogP contribution in [0.15, 0.2) is 36.4 Å². The third kappa shape index (κ3) is 6.37. The maximum absolute atomic E-state index is 14.0. The molecule has 0 radical (unpaired) electrons. The zero-order valence-electron chi connectivity index (χ0n) is 20.1. The summed E-state index contributed by atoms with van der Waals surface area (Å²) < 4.78 is 99.7. The summed E-state index contributed by atoms with van der Waals surface area (Å²) in [6.07, 6.45) is -6.94. The largest absolute Gasteiger partial charge is 0.494 e. The fourth-order valence-electron chi connectivity index (χ4n) is 4.95. The van der Waals surface area contributed by atoms with Crippen molar-refractivity contribution in [3.63, 3.8) is 0 Å². The zero-order chi connectivity index (χ0) is 27.0. The van der Waals surface area contributed by atoms with Crippen LogP contribution in [0.4, 0.5) is 30.7 Å². The van der Waals surface area contributed by atoms with Gasteiger partial charge in [-0.15, -0.1) is 0 Å². The lowest BCUT2D eigenvalue weighted by Gasteiger charge is -2.35. The van der Waals surface area contributed by atoms with Gasteiger partial charge in [0.05, 0.1) is 23.7 Å². The Morgan fingerprint density at radius 1 is 1.00 bits per heavy atom. The van der Waals surface area contributed by atoms with Gasteiger partial charge in [-0.25, -0.2) is 4.39 Å². The van der Waals surface area contributed by atoms with E-state index in [0.717, 1.165) is 18.9 Å². The molecule has 2 fully saturated rings. The van der Waals surface area contributed by atoms with Crippen molar-refractivity contribution in [2.24, 2.45) is 11.3 Å². The van der Waals surface area contributed by atoms with Gasteiger partial charge in [0.1, 0.15) is 0 Å². The van der Waals surface area contributed by atoms with E-state index in [4.69, 9.17) is 4.74 Å². The van der Waals surface area contributed by atoms with Crippen molar-refractivity contribution >= 4 is 5.91 Å². The molecule has 1 unspecified atom stereocenters. The van der Waals surface area contributed by atoms with Crippen molar-refractivity contribution < 1.29 is 40.3 Å². The number of nitrogens with zero attached hydrogens (tertiary/aromatic N) is 1. The van der Waals surface area contributed by atoms with Crippen LogP contribution in [0.3, 0.4) is 0 Å². The van der Waals surface area contributed by atoms with Crippen molar-refractivity contribution in [1.29, 1.82) is 0 Å². The van der Waals surface area contributed by atoms with Crippen LogP contribution < -0.4 is 10.1 Å². The highest BCUT2D eigenvalue weighted by Gasteiger charge is 2.47. The predicted molar refractivity (Wildman–Crippen MR) is 121 cm³/mol. The van der Waals surface area contributed by atoms with E-state index >= 15 is 0 Å². The van der Waals surface area contributed by atoms with E-state index in [2.05, 4.69) is 5.32 Å². The molecule has 1 saturated carbocycles. The molecule has 37 heavy (non-hydrogen) atoms. The van der Waals surface area contributed by atoms with Gasteiger partial charge in [-0.1, -0.05) is 18.9 Å². The molecular weight excluding hydrogens is 505 g/mol. The Hall–Kier alpha value is -2.82. The summed E-state index contributed by atoms with van der Waals surface area (Å²) in [5.41, 5.74) is -3.55. The highest BCUT2D eigenvalue weighted by molar-refractivity contribution is 5.83. The van der Waals surface area contributed by atoms with Crippen molar-refractivity contribution in [2.75, 3.05) is 20.2 Å². The number of alkyl halides is 6. The zero-order valence-corrected chi connectivity index (χ0v) is 20.1. The number of methoxy groups -OCH3 is 1. The monoisotopic (exact) mass is 532 g/mol. The molecule has 1 heterocycles. The molecule has 2 aromatic rings. The molecule has 1 amide bonds. The third-order valence-electron chi connectivity index (χ3n) is 6.97. The van der Waals surface area contributed by atoms with Gasteiger partial charge in [0.15, 0.2) is 11.6 Å². The number of nitrogens with one attached hydrogen (secondary N) is 1. The normalized spacial score (nSPS) is 20.2. The summed E-state index contributed by atoms with van der Waals surface area (Å²) >= 11 is 0. The van der Waals surface area contributed by atoms with E-state index in [1.54, 1.807) is 0 Å². The first-order valence-electron chi connectivity index (χ1n) is 11.9. The van der Waals surface area contributed by atoms with Crippen LogP contribution >= 0.6 is 0 Å². The molecule has 4 nitrogen and oxygen atoms in total. The van der Waals surface area contributed by atoms with Gasteiger partial charge >= 0.3 is 12.4 Å². The molecule has 11 heteroatoms. The number of hydrogen-bond donors (Lipinski definition) is 1. The maximum Gasteiger partial charge on any atom is 0.416 e. The van der Waals surface area contributed by atoms with E-state index in [1.165, 1.54) is 24.1 Å². The van der Waals surface area contributed by atoms with Gasteiger partial charge in [0, 0.05) is 19.6 Å². The molecule has 1 N–H and O–H groups in total. The summed E-state index contributed by atoms with van der Waals surface area (Å²) in [6, 6.07) is 5.26. The minimum absolute atomic E-state index is 0.0654. The van der Waals surface area contributed by atoms with Crippen LogP contribution in [0, 0.1) is 17.2 Å². The Bertz CT molecular complexity index is 1100. The topological polar surface area (TPSA) is 41.6 Å². The Morgan fingerprint density at radius 2 is 1.62 bits per heavy atom. The standard InChI is InChI=1S/C26H27F7N2O2/c1-37-22-10-17(4-5-21(22)27)13-35(23(36)24(6-7-34-15-24)12-16-2-3-16)14-18-8-19(25(28,29)30)11-20(9-18)26(31,32)33/h4-5,8-11,16,34H,2-3,6-7,12-15H2,1H3. The van der Waals surface area contributed by atoms with E-state index in [0.29, 0.717) is 49.5 Å². The van der Waals surface area contributed by atoms with Gasteiger partial charge in [-0.2, -0.15) is 26.3 Å². The Labute approximate surface area is 209 Å². The number of carbonyl (C=O) groups is 1. The molecule has 0 aromatic heterocycles. The number of halogens is 7. The molecule has 0 spiro atoms. The second-order valence-corrected chi connectivity index (χ2v) is 9.90. The minimum Gasteiger partial charge on any atom is -0.494 e. The van der Waals surface area contributed by atoms with Crippen LogP contribution in [-0.4, -0.2) is 31.0 Å². The van der Waals surface area contributed by atoms with Crippen LogP contribution in [-0.2, 0) is 30.2 Å². The number of hydrogen-bond acceptors (Lipinski definition) is 3. The quantitative estimate of drug-likeness (QED) is 0.413. The molecular formula is C26H27F7N2O2. The number of amides is 1. The van der Waals surface area contributed by atoms with Gasteiger partial charge in [-0.05, 0) is 66.8 Å². The number of rotatable bonds is 8. The first kappa shape index (κ1) is 27.2. The van der Waals surface area contributed by atoms with Crippen LogP contribution in [0.2, 0.25) is 0 Å².